The van der Waals surface area contributed by atoms with E-state index in [0.29, 0.717) is 12.1 Å². The molecule has 1 saturated heterocycles. The summed E-state index contributed by atoms with van der Waals surface area (Å²) >= 11 is 0. The highest BCUT2D eigenvalue weighted by molar-refractivity contribution is 5.78. The fourth-order valence-corrected chi connectivity index (χ4v) is 3.79. The van der Waals surface area contributed by atoms with Gasteiger partial charge in [0.1, 0.15) is 0 Å². The van der Waals surface area contributed by atoms with Crippen molar-refractivity contribution in [2.45, 2.75) is 65.5 Å². The van der Waals surface area contributed by atoms with Crippen LogP contribution in [-0.2, 0) is 9.53 Å². The van der Waals surface area contributed by atoms with Crippen LogP contribution in [0.1, 0.15) is 53.4 Å². The molecule has 2 aliphatic rings. The molecule has 1 aliphatic heterocycles. The summed E-state index contributed by atoms with van der Waals surface area (Å²) in [7, 11) is 0. The summed E-state index contributed by atoms with van der Waals surface area (Å²) in [4.78, 5) is 17.1. The Kier molecular flexibility index (Phi) is 8.67. The van der Waals surface area contributed by atoms with Crippen molar-refractivity contribution in [1.29, 1.82) is 0 Å². The lowest BCUT2D eigenvalue weighted by atomic mass is 9.88. The lowest BCUT2D eigenvalue weighted by Gasteiger charge is -2.38. The number of carbonyl (C=O) groups is 1. The van der Waals surface area contributed by atoms with Crippen molar-refractivity contribution in [3.8, 4) is 0 Å². The van der Waals surface area contributed by atoms with Crippen LogP contribution in [-0.4, -0.2) is 73.7 Å². The number of nitrogens with zero attached hydrogens (tertiary/aromatic N) is 2. The first-order valence-corrected chi connectivity index (χ1v) is 10.3. The molecular weight excluding hydrogens is 314 g/mol. The van der Waals surface area contributed by atoms with E-state index in [1.807, 2.05) is 6.92 Å². The topological polar surface area (TPSA) is 44.8 Å². The predicted octanol–water partition coefficient (Wildman–Crippen LogP) is 2.36. The van der Waals surface area contributed by atoms with E-state index in [0.717, 1.165) is 57.8 Å². The highest BCUT2D eigenvalue weighted by atomic mass is 16.5. The second-order valence-electron chi connectivity index (χ2n) is 8.40. The maximum absolute atomic E-state index is 12.0. The SMILES string of the molecule is CCCC(C)C(=O)N[C@H]1C[C@H](OCCN2CCN(CC(C)C)CC2)C1. The fraction of sp³-hybridized carbons (Fsp3) is 0.950. The van der Waals surface area contributed by atoms with Gasteiger partial charge in [-0.1, -0.05) is 34.1 Å². The van der Waals surface area contributed by atoms with E-state index in [4.69, 9.17) is 4.74 Å². The Morgan fingerprint density at radius 3 is 2.36 bits per heavy atom. The van der Waals surface area contributed by atoms with Crippen LogP contribution in [0.25, 0.3) is 0 Å². The van der Waals surface area contributed by atoms with Crippen LogP contribution in [0, 0.1) is 11.8 Å². The molecule has 1 saturated carbocycles. The van der Waals surface area contributed by atoms with Crippen molar-refractivity contribution in [2.24, 2.45) is 11.8 Å². The molecule has 1 heterocycles. The average Bonchev–Trinajstić information content (AvgIpc) is 2.53. The molecule has 1 unspecified atom stereocenters. The minimum absolute atomic E-state index is 0.138. The van der Waals surface area contributed by atoms with E-state index in [-0.39, 0.29) is 11.8 Å². The maximum Gasteiger partial charge on any atom is 0.223 e. The van der Waals surface area contributed by atoms with Crippen molar-refractivity contribution >= 4 is 5.91 Å². The van der Waals surface area contributed by atoms with Gasteiger partial charge in [-0.3, -0.25) is 9.69 Å². The van der Waals surface area contributed by atoms with Gasteiger partial charge in [0.05, 0.1) is 12.7 Å². The highest BCUT2D eigenvalue weighted by Gasteiger charge is 2.31. The summed E-state index contributed by atoms with van der Waals surface area (Å²) in [5.41, 5.74) is 0. The summed E-state index contributed by atoms with van der Waals surface area (Å²) in [6, 6.07) is 0.330. The molecule has 25 heavy (non-hydrogen) atoms. The largest absolute Gasteiger partial charge is 0.377 e. The Bertz CT molecular complexity index is 388. The molecule has 2 rings (SSSR count). The molecule has 1 N–H and O–H groups in total. The Morgan fingerprint density at radius 2 is 1.76 bits per heavy atom. The number of hydrogen-bond donors (Lipinski definition) is 1. The summed E-state index contributed by atoms with van der Waals surface area (Å²) in [6.45, 7) is 16.5. The second-order valence-corrected chi connectivity index (χ2v) is 8.40. The zero-order valence-corrected chi connectivity index (χ0v) is 16.8. The third-order valence-corrected chi connectivity index (χ3v) is 5.46. The number of nitrogens with one attached hydrogen (secondary N) is 1. The molecule has 1 amide bonds. The van der Waals surface area contributed by atoms with Gasteiger partial charge in [-0.15, -0.1) is 0 Å². The lowest BCUT2D eigenvalue weighted by Crippen LogP contribution is -2.50. The molecule has 1 aliphatic carbocycles. The molecule has 1 atom stereocenters. The van der Waals surface area contributed by atoms with Crippen molar-refractivity contribution < 1.29 is 9.53 Å². The lowest BCUT2D eigenvalue weighted by molar-refractivity contribution is -0.127. The summed E-state index contributed by atoms with van der Waals surface area (Å²) in [5.74, 6) is 1.11. The van der Waals surface area contributed by atoms with Crippen LogP contribution >= 0.6 is 0 Å². The van der Waals surface area contributed by atoms with Crippen LogP contribution in [0.15, 0.2) is 0 Å². The predicted molar refractivity (Wildman–Crippen MR) is 103 cm³/mol. The molecule has 0 radical (unpaired) electrons. The molecule has 0 bridgehead atoms. The number of piperazine rings is 1. The van der Waals surface area contributed by atoms with Gasteiger partial charge in [-0.2, -0.15) is 0 Å². The van der Waals surface area contributed by atoms with Gasteiger partial charge in [0.2, 0.25) is 5.91 Å². The monoisotopic (exact) mass is 353 g/mol. The molecule has 0 spiro atoms. The summed E-state index contributed by atoms with van der Waals surface area (Å²) in [6.07, 6.45) is 4.34. The van der Waals surface area contributed by atoms with Crippen molar-refractivity contribution in [2.75, 3.05) is 45.9 Å². The molecule has 0 aromatic carbocycles. The van der Waals surface area contributed by atoms with E-state index in [1.54, 1.807) is 0 Å². The molecule has 5 heteroatoms. The molecule has 0 aromatic rings. The first-order chi connectivity index (χ1) is 12.0. The van der Waals surface area contributed by atoms with E-state index in [2.05, 4.69) is 35.9 Å². The smallest absolute Gasteiger partial charge is 0.223 e. The molecule has 0 aromatic heterocycles. The van der Waals surface area contributed by atoms with Crippen LogP contribution in [0.4, 0.5) is 0 Å². The third-order valence-electron chi connectivity index (χ3n) is 5.46. The third kappa shape index (κ3) is 7.24. The highest BCUT2D eigenvalue weighted by Crippen LogP contribution is 2.24. The Labute approximate surface area is 154 Å². The second kappa shape index (κ2) is 10.5. The molecule has 146 valence electrons. The van der Waals surface area contributed by atoms with Gasteiger partial charge < -0.3 is 15.0 Å². The maximum atomic E-state index is 12.0. The van der Waals surface area contributed by atoms with Crippen molar-refractivity contribution in [3.63, 3.8) is 0 Å². The first kappa shape index (κ1) is 20.7. The zero-order chi connectivity index (χ0) is 18.2. The van der Waals surface area contributed by atoms with Crippen LogP contribution in [0.2, 0.25) is 0 Å². The van der Waals surface area contributed by atoms with Gasteiger partial charge in [-0.05, 0) is 25.2 Å². The quantitative estimate of drug-likeness (QED) is 0.655. The van der Waals surface area contributed by atoms with Crippen LogP contribution in [0.5, 0.6) is 0 Å². The van der Waals surface area contributed by atoms with E-state index < -0.39 is 0 Å². The van der Waals surface area contributed by atoms with Gasteiger partial charge in [0.15, 0.2) is 0 Å². The number of rotatable bonds is 10. The standard InChI is InChI=1S/C20H39N3O2/c1-5-6-17(4)20(24)21-18-13-19(14-18)25-12-11-22-7-9-23(10-8-22)15-16(2)3/h16-19H,5-15H2,1-4H3,(H,21,24)/t17?,18-,19-. The molecular formula is C20H39N3O2. The Morgan fingerprint density at radius 1 is 1.12 bits per heavy atom. The number of carbonyl (C=O) groups excluding carboxylic acids is 1. The molecule has 5 nitrogen and oxygen atoms in total. The van der Waals surface area contributed by atoms with Crippen molar-refractivity contribution in [3.05, 3.63) is 0 Å². The number of amides is 1. The van der Waals surface area contributed by atoms with Gasteiger partial charge >= 0.3 is 0 Å². The van der Waals surface area contributed by atoms with Gasteiger partial charge in [0, 0.05) is 51.2 Å². The molecule has 2 fully saturated rings. The Balaban J connectivity index is 1.49. The number of ether oxygens (including phenoxy) is 1. The summed E-state index contributed by atoms with van der Waals surface area (Å²) < 4.78 is 5.99. The van der Waals surface area contributed by atoms with Gasteiger partial charge in [-0.25, -0.2) is 0 Å². The minimum Gasteiger partial charge on any atom is -0.377 e. The van der Waals surface area contributed by atoms with E-state index >= 15 is 0 Å². The van der Waals surface area contributed by atoms with Crippen molar-refractivity contribution in [1.82, 2.24) is 15.1 Å². The fourth-order valence-electron chi connectivity index (χ4n) is 3.79. The van der Waals surface area contributed by atoms with Crippen LogP contribution < -0.4 is 5.32 Å². The van der Waals surface area contributed by atoms with E-state index in [1.165, 1.54) is 19.6 Å². The van der Waals surface area contributed by atoms with E-state index in [9.17, 15) is 4.79 Å². The van der Waals surface area contributed by atoms with Crippen LogP contribution in [0.3, 0.4) is 0 Å². The minimum atomic E-state index is 0.138. The average molecular weight is 354 g/mol. The normalized spacial score (nSPS) is 26.4. The van der Waals surface area contributed by atoms with Gasteiger partial charge in [0.25, 0.3) is 0 Å². The number of hydrogen-bond acceptors (Lipinski definition) is 4. The summed E-state index contributed by atoms with van der Waals surface area (Å²) in [5, 5.41) is 3.16. The Hall–Kier alpha value is -0.650. The zero-order valence-electron chi connectivity index (χ0n) is 16.8. The first-order valence-electron chi connectivity index (χ1n) is 10.3.